The quantitative estimate of drug-likeness (QED) is 0.0647. The summed E-state index contributed by atoms with van der Waals surface area (Å²) in [4.78, 5) is 92.0. The van der Waals surface area contributed by atoms with Crippen molar-refractivity contribution >= 4 is 63.7 Å². The van der Waals surface area contributed by atoms with Gasteiger partial charge in [-0.1, -0.05) is 18.2 Å². The van der Waals surface area contributed by atoms with E-state index in [0.717, 1.165) is 28.1 Å². The molecule has 5 aromatic rings. The van der Waals surface area contributed by atoms with Crippen LogP contribution in [0.2, 0.25) is 0 Å². The van der Waals surface area contributed by atoms with Crippen molar-refractivity contribution in [3.8, 4) is 16.9 Å². The summed E-state index contributed by atoms with van der Waals surface area (Å²) < 4.78 is 44.2. The largest absolute Gasteiger partial charge is 0.573 e. The highest BCUT2D eigenvalue weighted by atomic mass is 19.4. The number of amides is 6. The lowest BCUT2D eigenvalue weighted by atomic mass is 9.95. The summed E-state index contributed by atoms with van der Waals surface area (Å²) in [5.41, 5.74) is 11.8. The number of unbranched alkanes of at least 4 members (excludes halogenated alkanes) is 1. The molecule has 3 aliphatic rings. The number of piperidine rings is 2. The third-order valence-corrected chi connectivity index (χ3v) is 12.5. The second-order valence-electron chi connectivity index (χ2n) is 17.3. The molecule has 0 saturated carbocycles. The number of halogens is 3. The van der Waals surface area contributed by atoms with Gasteiger partial charge in [0.15, 0.2) is 0 Å². The van der Waals surface area contributed by atoms with Gasteiger partial charge in [-0.05, 0) is 92.0 Å². The number of alkyl halides is 3. The predicted molar refractivity (Wildman–Crippen MR) is 248 cm³/mol. The smallest absolute Gasteiger partial charge is 0.406 e. The first-order valence-electron chi connectivity index (χ1n) is 23.0. The Morgan fingerprint density at radius 2 is 1.71 bits per heavy atom. The maximum absolute atomic E-state index is 13.3. The number of imide groups is 1. The van der Waals surface area contributed by atoms with Crippen LogP contribution in [0.25, 0.3) is 22.2 Å². The molecule has 2 saturated heterocycles. The molecular weight excluding hydrogens is 900 g/mol. The maximum atomic E-state index is 13.3. The van der Waals surface area contributed by atoms with E-state index in [1.165, 1.54) is 30.7 Å². The zero-order valence-corrected chi connectivity index (χ0v) is 37.6. The SMILES string of the molecule is Nc1ncnc2c1c(-c1ccc3c(c1)CCN3C(=O)Cc1cccc(OC(F)(F)F)c1)cn2CCCNC(=O)CCCCNC(=O)C1CCN(c2cncc(C(=O)NC3CCC(=O)NC3=O)c2)CC1. The summed E-state index contributed by atoms with van der Waals surface area (Å²) in [6.07, 6.45) is 5.91. The molecule has 3 aliphatic heterocycles. The van der Waals surface area contributed by atoms with E-state index < -0.39 is 24.2 Å². The summed E-state index contributed by atoms with van der Waals surface area (Å²) in [6.45, 7) is 3.04. The van der Waals surface area contributed by atoms with Crippen LogP contribution in [0.5, 0.6) is 5.75 Å². The average Bonchev–Trinajstić information content (AvgIpc) is 3.93. The lowest BCUT2D eigenvalue weighted by Gasteiger charge is -2.33. The molecule has 0 radical (unpaired) electrons. The van der Waals surface area contributed by atoms with Gasteiger partial charge in [-0.2, -0.15) is 0 Å². The molecule has 3 aromatic heterocycles. The van der Waals surface area contributed by atoms with Crippen LogP contribution >= 0.6 is 0 Å². The van der Waals surface area contributed by atoms with Crippen molar-refractivity contribution in [3.05, 3.63) is 90.1 Å². The van der Waals surface area contributed by atoms with Crippen molar-refractivity contribution in [1.29, 1.82) is 0 Å². The number of nitrogen functional groups attached to an aromatic ring is 1. The molecule has 6 heterocycles. The van der Waals surface area contributed by atoms with Crippen LogP contribution in [0.3, 0.4) is 0 Å². The van der Waals surface area contributed by atoms with Gasteiger partial charge in [-0.15, -0.1) is 13.2 Å². The Hall–Kier alpha value is -7.58. The van der Waals surface area contributed by atoms with Crippen LogP contribution in [-0.4, -0.2) is 100 Å². The van der Waals surface area contributed by atoms with Gasteiger partial charge in [-0.3, -0.25) is 39.1 Å². The molecule has 2 aromatic carbocycles. The maximum Gasteiger partial charge on any atom is 0.573 e. The van der Waals surface area contributed by atoms with Crippen LogP contribution in [0.4, 0.5) is 30.4 Å². The molecule has 2 fully saturated rings. The zero-order valence-electron chi connectivity index (χ0n) is 37.6. The Kier molecular flexibility index (Phi) is 14.7. The second-order valence-corrected chi connectivity index (χ2v) is 17.3. The van der Waals surface area contributed by atoms with Crippen molar-refractivity contribution in [2.45, 2.75) is 83.2 Å². The molecule has 1 unspecified atom stereocenters. The third kappa shape index (κ3) is 11.9. The molecule has 69 heavy (non-hydrogen) atoms. The summed E-state index contributed by atoms with van der Waals surface area (Å²) in [6, 6.07) is 12.1. The zero-order chi connectivity index (χ0) is 48.7. The van der Waals surface area contributed by atoms with Gasteiger partial charge in [0.25, 0.3) is 5.91 Å². The van der Waals surface area contributed by atoms with E-state index in [-0.39, 0.29) is 54.6 Å². The van der Waals surface area contributed by atoms with E-state index in [1.807, 2.05) is 29.0 Å². The topological polar surface area (TPSA) is 236 Å². The number of nitrogens with two attached hydrogens (primary N) is 1. The molecule has 6 amide bonds. The lowest BCUT2D eigenvalue weighted by molar-refractivity contribution is -0.274. The number of nitrogens with one attached hydrogen (secondary N) is 4. The summed E-state index contributed by atoms with van der Waals surface area (Å²) in [5.74, 6) is -1.94. The van der Waals surface area contributed by atoms with E-state index in [1.54, 1.807) is 23.2 Å². The second kappa shape index (κ2) is 21.2. The minimum absolute atomic E-state index is 0.0267. The third-order valence-electron chi connectivity index (χ3n) is 12.5. The first-order valence-corrected chi connectivity index (χ1v) is 23.0. The van der Waals surface area contributed by atoms with Crippen molar-refractivity contribution in [1.82, 2.24) is 40.8 Å². The minimum Gasteiger partial charge on any atom is -0.406 e. The Morgan fingerprint density at radius 1 is 0.899 bits per heavy atom. The number of ether oxygens (including phenoxy) is 1. The number of benzene rings is 2. The highest BCUT2D eigenvalue weighted by molar-refractivity contribution is 6.04. The monoisotopic (exact) mass is 951 g/mol. The molecule has 362 valence electrons. The fourth-order valence-electron chi connectivity index (χ4n) is 9.02. The standard InChI is InChI=1S/C48H52F3N11O7/c49-48(50,51)69-35-6-3-5-29(21-35)22-41(65)62-20-14-32-23-31(8-10-38(32)62)36-27-61(44-42(36)43(52)56-28-57-44)17-4-16-54-39(63)7-1-2-15-55-45(66)30-12-18-60(19-13-30)34-24-33(25-53-26-34)46(67)58-37-9-11-40(64)59-47(37)68/h3,5-6,8,10,21,23-28,30,37H,1-2,4,7,9,11-20,22H2,(H,54,63)(H,55,66)(H,58,67)(H2,52,56,57)(H,59,64,68). The Bertz CT molecular complexity index is 2760. The van der Waals surface area contributed by atoms with Gasteiger partial charge in [0, 0.05) is 81.7 Å². The van der Waals surface area contributed by atoms with Crippen LogP contribution in [0.15, 0.2) is 73.4 Å². The minimum atomic E-state index is -4.83. The molecule has 0 spiro atoms. The van der Waals surface area contributed by atoms with E-state index >= 15 is 0 Å². The van der Waals surface area contributed by atoms with Crippen molar-refractivity contribution in [3.63, 3.8) is 0 Å². The number of fused-ring (bicyclic) bond motifs is 2. The molecular formula is C48H52F3N11O7. The number of hydrogen-bond acceptors (Lipinski definition) is 12. The Balaban J connectivity index is 0.746. The van der Waals surface area contributed by atoms with Crippen LogP contribution in [-0.2, 0) is 43.4 Å². The number of aryl methyl sites for hydroxylation is 1. The number of nitrogens with zero attached hydrogens (tertiary/aromatic N) is 6. The molecule has 1 atom stereocenters. The number of aromatic nitrogens is 4. The van der Waals surface area contributed by atoms with Crippen molar-refractivity contribution in [2.75, 3.05) is 48.3 Å². The number of hydrogen-bond donors (Lipinski definition) is 5. The van der Waals surface area contributed by atoms with Crippen molar-refractivity contribution in [2.24, 2.45) is 5.92 Å². The van der Waals surface area contributed by atoms with Crippen LogP contribution < -0.4 is 41.5 Å². The number of carbonyl (C=O) groups is 6. The summed E-state index contributed by atoms with van der Waals surface area (Å²) in [5, 5.41) is 11.6. The number of pyridine rings is 1. The Labute approximate surface area is 394 Å². The number of anilines is 3. The fourth-order valence-corrected chi connectivity index (χ4v) is 9.02. The van der Waals surface area contributed by atoms with Crippen molar-refractivity contribution < 1.29 is 46.7 Å². The van der Waals surface area contributed by atoms with E-state index in [9.17, 15) is 41.9 Å². The molecule has 18 nitrogen and oxygen atoms in total. The highest BCUT2D eigenvalue weighted by Crippen LogP contribution is 2.38. The van der Waals surface area contributed by atoms with Gasteiger partial charge in [0.2, 0.25) is 29.5 Å². The van der Waals surface area contributed by atoms with Crippen LogP contribution in [0, 0.1) is 5.92 Å². The fraction of sp³-hybridized carbons (Fsp3) is 0.396. The van der Waals surface area contributed by atoms with Gasteiger partial charge in [0.1, 0.15) is 29.6 Å². The van der Waals surface area contributed by atoms with Crippen LogP contribution in [0.1, 0.15) is 72.9 Å². The highest BCUT2D eigenvalue weighted by Gasteiger charge is 2.32. The van der Waals surface area contributed by atoms with E-state index in [4.69, 9.17) is 5.73 Å². The van der Waals surface area contributed by atoms with Gasteiger partial charge >= 0.3 is 6.36 Å². The Morgan fingerprint density at radius 3 is 2.51 bits per heavy atom. The molecule has 0 aliphatic carbocycles. The molecule has 8 rings (SSSR count). The van der Waals surface area contributed by atoms with E-state index in [2.05, 4.69) is 45.9 Å². The van der Waals surface area contributed by atoms with Gasteiger partial charge < -0.3 is 40.8 Å². The molecule has 21 heteroatoms. The molecule has 0 bridgehead atoms. The predicted octanol–water partition coefficient (Wildman–Crippen LogP) is 4.35. The van der Waals surface area contributed by atoms with Gasteiger partial charge in [0.05, 0.1) is 29.3 Å². The molecule has 6 N–H and O–H groups in total. The first kappa shape index (κ1) is 47.9. The first-order chi connectivity index (χ1) is 33.2. The van der Waals surface area contributed by atoms with E-state index in [0.29, 0.717) is 112 Å². The summed E-state index contributed by atoms with van der Waals surface area (Å²) in [7, 11) is 0. The summed E-state index contributed by atoms with van der Waals surface area (Å²) >= 11 is 0. The average molecular weight is 952 g/mol. The number of carbonyl (C=O) groups excluding carboxylic acids is 6. The lowest BCUT2D eigenvalue weighted by Crippen LogP contribution is -2.52. The normalized spacial score (nSPS) is 16.2. The van der Waals surface area contributed by atoms with Gasteiger partial charge in [-0.25, -0.2) is 9.97 Å². The number of rotatable bonds is 17.